The van der Waals surface area contributed by atoms with Crippen LogP contribution in [0.4, 0.5) is 0 Å². The van der Waals surface area contributed by atoms with Gasteiger partial charge in [0.1, 0.15) is 6.04 Å². The first-order valence-electron chi connectivity index (χ1n) is 11.3. The molecule has 6 nitrogen and oxygen atoms in total. The number of piperidine rings is 1. The highest BCUT2D eigenvalue weighted by Crippen LogP contribution is 2.21. The van der Waals surface area contributed by atoms with E-state index in [4.69, 9.17) is 0 Å². The van der Waals surface area contributed by atoms with E-state index in [1.807, 2.05) is 48.2 Å². The van der Waals surface area contributed by atoms with Crippen LogP contribution in [-0.2, 0) is 9.59 Å². The normalized spacial score (nSPS) is 15.4. The van der Waals surface area contributed by atoms with Crippen LogP contribution in [0.25, 0.3) is 0 Å². The van der Waals surface area contributed by atoms with E-state index in [1.54, 1.807) is 17.8 Å². The second-order valence-electron chi connectivity index (χ2n) is 8.39. The highest BCUT2D eigenvalue weighted by molar-refractivity contribution is 7.98. The summed E-state index contributed by atoms with van der Waals surface area (Å²) in [5.41, 5.74) is 1.58. The molecule has 0 radical (unpaired) electrons. The lowest BCUT2D eigenvalue weighted by molar-refractivity contribution is -0.140. The molecule has 0 bridgehead atoms. The maximum Gasteiger partial charge on any atom is 0.251 e. The van der Waals surface area contributed by atoms with Crippen molar-refractivity contribution in [2.24, 2.45) is 5.92 Å². The van der Waals surface area contributed by atoms with Crippen LogP contribution < -0.4 is 5.32 Å². The molecule has 1 atom stereocenters. The number of carbonyl (C=O) groups is 3. The van der Waals surface area contributed by atoms with Gasteiger partial charge >= 0.3 is 0 Å². The van der Waals surface area contributed by atoms with Crippen LogP contribution in [0, 0.1) is 12.8 Å². The van der Waals surface area contributed by atoms with E-state index in [9.17, 15) is 14.4 Å². The molecule has 0 aliphatic carbocycles. The van der Waals surface area contributed by atoms with E-state index in [0.717, 1.165) is 30.7 Å². The van der Waals surface area contributed by atoms with Crippen molar-refractivity contribution in [3.8, 4) is 0 Å². The Kier molecular flexibility index (Phi) is 10.4. The average molecular weight is 448 g/mol. The molecule has 1 aromatic carbocycles. The zero-order valence-corrected chi connectivity index (χ0v) is 20.2. The molecule has 1 aliphatic rings. The second kappa shape index (κ2) is 12.7. The number of nitrogens with zero attached hydrogens (tertiary/aromatic N) is 2. The Morgan fingerprint density at radius 3 is 2.58 bits per heavy atom. The first-order chi connectivity index (χ1) is 14.9. The lowest BCUT2D eigenvalue weighted by atomic mass is 9.94. The first kappa shape index (κ1) is 25.2. The third-order valence-electron chi connectivity index (χ3n) is 5.87. The standard InChI is InChI=1S/C24H37N3O3S/c1-5-6-13-26(3)23(29)19-10-14-27(15-11-19)24(30)21(12-16-31-4)25-22(28)20-9-7-8-18(2)17-20/h7-9,17,19,21H,5-6,10-16H2,1-4H3,(H,25,28). The number of rotatable bonds is 10. The van der Waals surface area contributed by atoms with Crippen LogP contribution in [-0.4, -0.2) is 72.3 Å². The van der Waals surface area contributed by atoms with Crippen molar-refractivity contribution >= 4 is 29.5 Å². The largest absolute Gasteiger partial charge is 0.346 e. The van der Waals surface area contributed by atoms with Crippen molar-refractivity contribution in [1.82, 2.24) is 15.1 Å². The van der Waals surface area contributed by atoms with Gasteiger partial charge in [0, 0.05) is 38.2 Å². The van der Waals surface area contributed by atoms with E-state index < -0.39 is 6.04 Å². The summed E-state index contributed by atoms with van der Waals surface area (Å²) in [6, 6.07) is 6.85. The number of unbranched alkanes of at least 4 members (excludes halogenated alkanes) is 1. The zero-order chi connectivity index (χ0) is 22.8. The summed E-state index contributed by atoms with van der Waals surface area (Å²) in [7, 11) is 1.87. The molecule has 2 rings (SSSR count). The van der Waals surface area contributed by atoms with Crippen LogP contribution in [0.1, 0.15) is 54.9 Å². The van der Waals surface area contributed by atoms with Crippen molar-refractivity contribution in [3.05, 3.63) is 35.4 Å². The Labute approximate surface area is 191 Å². The molecule has 0 saturated carbocycles. The molecule has 1 saturated heterocycles. The highest BCUT2D eigenvalue weighted by atomic mass is 32.2. The minimum absolute atomic E-state index is 0.0163. The number of nitrogens with one attached hydrogen (secondary N) is 1. The van der Waals surface area contributed by atoms with Crippen molar-refractivity contribution < 1.29 is 14.4 Å². The molecule has 1 fully saturated rings. The molecule has 7 heteroatoms. The van der Waals surface area contributed by atoms with E-state index >= 15 is 0 Å². The lowest BCUT2D eigenvalue weighted by Gasteiger charge is -2.35. The number of amides is 3. The molecule has 0 aromatic heterocycles. The number of hydrogen-bond donors (Lipinski definition) is 1. The van der Waals surface area contributed by atoms with Gasteiger partial charge in [-0.25, -0.2) is 0 Å². The van der Waals surface area contributed by atoms with Gasteiger partial charge in [-0.15, -0.1) is 0 Å². The Morgan fingerprint density at radius 2 is 1.97 bits per heavy atom. The maximum absolute atomic E-state index is 13.2. The third kappa shape index (κ3) is 7.56. The SMILES string of the molecule is CCCCN(C)C(=O)C1CCN(C(=O)C(CCSC)NC(=O)c2cccc(C)c2)CC1. The molecule has 1 aliphatic heterocycles. The van der Waals surface area contributed by atoms with Gasteiger partial charge in [-0.1, -0.05) is 31.0 Å². The number of benzene rings is 1. The molecule has 31 heavy (non-hydrogen) atoms. The molecule has 172 valence electrons. The lowest BCUT2D eigenvalue weighted by Crippen LogP contribution is -2.52. The van der Waals surface area contributed by atoms with Gasteiger partial charge in [0.2, 0.25) is 11.8 Å². The summed E-state index contributed by atoms with van der Waals surface area (Å²) in [5, 5.41) is 2.95. The van der Waals surface area contributed by atoms with Gasteiger partial charge in [0.05, 0.1) is 0 Å². The predicted octanol–water partition coefficient (Wildman–Crippen LogP) is 3.34. The van der Waals surface area contributed by atoms with Crippen molar-refractivity contribution in [3.63, 3.8) is 0 Å². The number of carbonyl (C=O) groups excluding carboxylic acids is 3. The summed E-state index contributed by atoms with van der Waals surface area (Å²) in [6.45, 7) is 5.97. The fraction of sp³-hybridized carbons (Fsp3) is 0.625. The monoisotopic (exact) mass is 447 g/mol. The molecule has 1 N–H and O–H groups in total. The predicted molar refractivity (Wildman–Crippen MR) is 127 cm³/mol. The zero-order valence-electron chi connectivity index (χ0n) is 19.4. The average Bonchev–Trinajstić information content (AvgIpc) is 2.79. The molecule has 1 unspecified atom stereocenters. The van der Waals surface area contributed by atoms with E-state index in [0.29, 0.717) is 37.9 Å². The molecule has 3 amide bonds. The Bertz CT molecular complexity index is 747. The van der Waals surface area contributed by atoms with Crippen molar-refractivity contribution in [2.45, 2.75) is 52.0 Å². The van der Waals surface area contributed by atoms with Gasteiger partial charge < -0.3 is 15.1 Å². The molecular formula is C24H37N3O3S. The molecule has 1 aromatic rings. The van der Waals surface area contributed by atoms with Crippen LogP contribution in [0.3, 0.4) is 0 Å². The highest BCUT2D eigenvalue weighted by Gasteiger charge is 2.32. The Hall–Kier alpha value is -2.02. The summed E-state index contributed by atoms with van der Waals surface area (Å²) in [5.74, 6) is 0.706. The maximum atomic E-state index is 13.2. The minimum atomic E-state index is -0.542. The minimum Gasteiger partial charge on any atom is -0.346 e. The van der Waals surface area contributed by atoms with Gasteiger partial charge in [-0.2, -0.15) is 11.8 Å². The van der Waals surface area contributed by atoms with Crippen LogP contribution >= 0.6 is 11.8 Å². The fourth-order valence-electron chi connectivity index (χ4n) is 3.91. The van der Waals surface area contributed by atoms with Crippen LogP contribution in [0.5, 0.6) is 0 Å². The van der Waals surface area contributed by atoms with Gasteiger partial charge in [0.25, 0.3) is 5.91 Å². The summed E-state index contributed by atoms with van der Waals surface area (Å²) >= 11 is 1.66. The quantitative estimate of drug-likeness (QED) is 0.597. The van der Waals surface area contributed by atoms with E-state index in [1.165, 1.54) is 0 Å². The number of thioether (sulfide) groups is 1. The van der Waals surface area contributed by atoms with Crippen LogP contribution in [0.15, 0.2) is 24.3 Å². The number of likely N-dealkylation sites (tertiary alicyclic amines) is 1. The summed E-state index contributed by atoms with van der Waals surface area (Å²) < 4.78 is 0. The fourth-order valence-corrected chi connectivity index (χ4v) is 4.38. The van der Waals surface area contributed by atoms with Gasteiger partial charge in [-0.3, -0.25) is 14.4 Å². The summed E-state index contributed by atoms with van der Waals surface area (Å²) in [4.78, 5) is 42.2. The third-order valence-corrected chi connectivity index (χ3v) is 6.52. The Morgan fingerprint density at radius 1 is 1.26 bits per heavy atom. The summed E-state index contributed by atoms with van der Waals surface area (Å²) in [6.07, 6.45) is 6.03. The number of aryl methyl sites for hydroxylation is 1. The van der Waals surface area contributed by atoms with Crippen molar-refractivity contribution in [2.75, 3.05) is 38.7 Å². The molecular weight excluding hydrogens is 410 g/mol. The van der Waals surface area contributed by atoms with Crippen molar-refractivity contribution in [1.29, 1.82) is 0 Å². The van der Waals surface area contributed by atoms with Crippen LogP contribution in [0.2, 0.25) is 0 Å². The second-order valence-corrected chi connectivity index (χ2v) is 9.38. The van der Waals surface area contributed by atoms with Gasteiger partial charge in [-0.05, 0) is 56.7 Å². The topological polar surface area (TPSA) is 69.7 Å². The molecule has 0 spiro atoms. The smallest absolute Gasteiger partial charge is 0.251 e. The van der Waals surface area contributed by atoms with E-state index in [2.05, 4.69) is 12.2 Å². The first-order valence-corrected chi connectivity index (χ1v) is 12.7. The van der Waals surface area contributed by atoms with E-state index in [-0.39, 0.29) is 23.6 Å². The van der Waals surface area contributed by atoms with Gasteiger partial charge in [0.15, 0.2) is 0 Å². The Balaban J connectivity index is 1.96. The number of hydrogen-bond acceptors (Lipinski definition) is 4. The molecule has 1 heterocycles.